The fourth-order valence-corrected chi connectivity index (χ4v) is 5.39. The van der Waals surface area contributed by atoms with Crippen molar-refractivity contribution in [1.29, 1.82) is 0 Å². The Morgan fingerprint density at radius 2 is 1.87 bits per heavy atom. The van der Waals surface area contributed by atoms with Gasteiger partial charge in [-0.05, 0) is 37.7 Å². The van der Waals surface area contributed by atoms with Gasteiger partial charge in [0.05, 0.1) is 16.9 Å². The molecule has 31 heavy (non-hydrogen) atoms. The van der Waals surface area contributed by atoms with Crippen LogP contribution in [0.25, 0.3) is 22.2 Å². The fraction of sp³-hybridized carbons (Fsp3) is 0.478. The molecular formula is C23H28BrClN6. The van der Waals surface area contributed by atoms with Gasteiger partial charge < -0.3 is 15.2 Å². The number of nitrogens with one attached hydrogen (secondary N) is 2. The third kappa shape index (κ3) is 4.90. The van der Waals surface area contributed by atoms with E-state index in [2.05, 4.69) is 52.4 Å². The lowest BCUT2D eigenvalue weighted by Crippen LogP contribution is -2.43. The Hall–Kier alpha value is -1.67. The molecule has 0 saturated carbocycles. The number of para-hydroxylation sites is 1. The van der Waals surface area contributed by atoms with Gasteiger partial charge in [0.2, 0.25) is 5.95 Å². The van der Waals surface area contributed by atoms with Crippen LogP contribution in [-0.2, 0) is 0 Å². The van der Waals surface area contributed by atoms with Gasteiger partial charge in [-0.3, -0.25) is 0 Å². The number of aromatic nitrogens is 3. The molecule has 5 rings (SSSR count). The first kappa shape index (κ1) is 21.2. The van der Waals surface area contributed by atoms with Crippen molar-refractivity contribution in [2.75, 3.05) is 38.0 Å². The largest absolute Gasteiger partial charge is 0.360 e. The number of hydrogen-bond acceptors (Lipinski definition) is 5. The van der Waals surface area contributed by atoms with E-state index in [4.69, 9.17) is 16.6 Å². The molecule has 3 aromatic rings. The van der Waals surface area contributed by atoms with Crippen molar-refractivity contribution < 1.29 is 0 Å². The van der Waals surface area contributed by atoms with Crippen LogP contribution in [0.4, 0.5) is 5.95 Å². The van der Waals surface area contributed by atoms with Gasteiger partial charge in [0, 0.05) is 77.6 Å². The van der Waals surface area contributed by atoms with E-state index >= 15 is 0 Å². The van der Waals surface area contributed by atoms with Crippen LogP contribution in [0.2, 0.25) is 5.02 Å². The SMILES string of the molecule is Clc1cnc(NC2CCN(CC3CCN(Br)CC3)CC2)nc1-c1c[nH]c2ccccc12. The van der Waals surface area contributed by atoms with Crippen LogP contribution >= 0.6 is 27.7 Å². The topological polar surface area (TPSA) is 60.1 Å². The summed E-state index contributed by atoms with van der Waals surface area (Å²) in [6.45, 7) is 5.82. The van der Waals surface area contributed by atoms with Crippen molar-refractivity contribution in [1.82, 2.24) is 23.8 Å². The van der Waals surface area contributed by atoms with Crippen LogP contribution in [-0.4, -0.2) is 62.5 Å². The molecule has 1 aromatic carbocycles. The van der Waals surface area contributed by atoms with Gasteiger partial charge >= 0.3 is 0 Å². The zero-order chi connectivity index (χ0) is 21.2. The summed E-state index contributed by atoms with van der Waals surface area (Å²) in [4.78, 5) is 15.2. The molecule has 6 nitrogen and oxygen atoms in total. The number of fused-ring (bicyclic) bond motifs is 1. The zero-order valence-electron chi connectivity index (χ0n) is 17.5. The lowest BCUT2D eigenvalue weighted by atomic mass is 9.96. The normalized spacial score (nSPS) is 19.8. The number of rotatable bonds is 5. The lowest BCUT2D eigenvalue weighted by Gasteiger charge is -2.36. The second-order valence-corrected chi connectivity index (χ2v) is 10.1. The summed E-state index contributed by atoms with van der Waals surface area (Å²) >= 11 is 10.1. The lowest BCUT2D eigenvalue weighted by molar-refractivity contribution is 0.160. The van der Waals surface area contributed by atoms with E-state index in [1.54, 1.807) is 6.20 Å². The predicted octanol–water partition coefficient (Wildman–Crippen LogP) is 5.18. The van der Waals surface area contributed by atoms with Crippen molar-refractivity contribution in [3.05, 3.63) is 41.7 Å². The smallest absolute Gasteiger partial charge is 0.223 e. The Bertz CT molecular complexity index is 1020. The van der Waals surface area contributed by atoms with Gasteiger partial charge in [-0.25, -0.2) is 13.9 Å². The second kappa shape index (κ2) is 9.45. The monoisotopic (exact) mass is 502 g/mol. The molecule has 164 valence electrons. The maximum Gasteiger partial charge on any atom is 0.223 e. The van der Waals surface area contributed by atoms with Crippen LogP contribution < -0.4 is 5.32 Å². The van der Waals surface area contributed by atoms with E-state index in [9.17, 15) is 0 Å². The molecule has 2 saturated heterocycles. The summed E-state index contributed by atoms with van der Waals surface area (Å²) in [6, 6.07) is 8.60. The molecule has 0 atom stereocenters. The number of likely N-dealkylation sites (tertiary alicyclic amines) is 1. The summed E-state index contributed by atoms with van der Waals surface area (Å²) in [7, 11) is 0. The first-order valence-corrected chi connectivity index (χ1v) is 12.2. The number of H-pyrrole nitrogens is 1. The number of aromatic amines is 1. The Morgan fingerprint density at radius 1 is 1.10 bits per heavy atom. The molecule has 8 heteroatoms. The second-order valence-electron chi connectivity index (χ2n) is 8.71. The Morgan fingerprint density at radius 3 is 2.68 bits per heavy atom. The molecule has 2 fully saturated rings. The number of halogens is 2. The van der Waals surface area contributed by atoms with Crippen LogP contribution in [0.3, 0.4) is 0 Å². The Balaban J connectivity index is 1.21. The van der Waals surface area contributed by atoms with Crippen molar-refractivity contribution >= 4 is 44.6 Å². The van der Waals surface area contributed by atoms with Crippen LogP contribution in [0.15, 0.2) is 36.7 Å². The summed E-state index contributed by atoms with van der Waals surface area (Å²) in [5.41, 5.74) is 2.86. The van der Waals surface area contributed by atoms with E-state index in [1.165, 1.54) is 19.4 Å². The van der Waals surface area contributed by atoms with Gasteiger partial charge in [-0.2, -0.15) is 0 Å². The third-order valence-corrected chi connectivity index (χ3v) is 7.57. The molecule has 2 aromatic heterocycles. The van der Waals surface area contributed by atoms with Gasteiger partial charge in [0.15, 0.2) is 0 Å². The highest BCUT2D eigenvalue weighted by Gasteiger charge is 2.24. The Labute approximate surface area is 196 Å². The molecule has 0 spiro atoms. The highest BCUT2D eigenvalue weighted by molar-refractivity contribution is 9.07. The number of nitrogens with zero attached hydrogens (tertiary/aromatic N) is 4. The molecule has 2 aliphatic rings. The number of anilines is 1. The van der Waals surface area contributed by atoms with E-state index in [0.717, 1.165) is 67.1 Å². The highest BCUT2D eigenvalue weighted by Crippen LogP contribution is 2.32. The minimum Gasteiger partial charge on any atom is -0.360 e. The number of piperidine rings is 2. The summed E-state index contributed by atoms with van der Waals surface area (Å²) in [5, 5.41) is 5.25. The summed E-state index contributed by atoms with van der Waals surface area (Å²) < 4.78 is 2.26. The molecular weight excluding hydrogens is 476 g/mol. The molecule has 0 radical (unpaired) electrons. The fourth-order valence-electron chi connectivity index (χ4n) is 4.78. The minimum absolute atomic E-state index is 0.401. The predicted molar refractivity (Wildman–Crippen MR) is 131 cm³/mol. The summed E-state index contributed by atoms with van der Waals surface area (Å²) in [5.74, 6) is 1.49. The van der Waals surface area contributed by atoms with Crippen molar-refractivity contribution in [2.24, 2.45) is 5.92 Å². The third-order valence-electron chi connectivity index (χ3n) is 6.59. The van der Waals surface area contributed by atoms with E-state index < -0.39 is 0 Å². The first-order valence-electron chi connectivity index (χ1n) is 11.1. The first-order chi connectivity index (χ1) is 15.2. The maximum absolute atomic E-state index is 6.47. The minimum atomic E-state index is 0.401. The van der Waals surface area contributed by atoms with E-state index in [1.807, 2.05) is 18.3 Å². The molecule has 0 bridgehead atoms. The zero-order valence-corrected chi connectivity index (χ0v) is 19.9. The van der Waals surface area contributed by atoms with Crippen molar-refractivity contribution in [3.8, 4) is 11.3 Å². The van der Waals surface area contributed by atoms with Crippen LogP contribution in [0.1, 0.15) is 25.7 Å². The van der Waals surface area contributed by atoms with Crippen molar-refractivity contribution in [3.63, 3.8) is 0 Å². The molecule has 0 aliphatic carbocycles. The molecule has 0 amide bonds. The van der Waals surface area contributed by atoms with Gasteiger partial charge in [-0.1, -0.05) is 29.8 Å². The summed E-state index contributed by atoms with van der Waals surface area (Å²) in [6.07, 6.45) is 8.50. The molecule has 4 heterocycles. The van der Waals surface area contributed by atoms with E-state index in [0.29, 0.717) is 17.0 Å². The molecule has 0 unspecified atom stereocenters. The number of hydrogen-bond donors (Lipinski definition) is 2. The standard InChI is InChI=1S/C23H28BrClN6/c24-31-11-5-16(6-12-31)15-30-9-7-17(8-10-30)28-23-27-14-20(25)22(29-23)19-13-26-21-4-2-1-3-18(19)21/h1-4,13-14,16-17,26H,5-12,15H2,(H,27,28,29). The van der Waals surface area contributed by atoms with E-state index in [-0.39, 0.29) is 0 Å². The van der Waals surface area contributed by atoms with Crippen LogP contribution in [0, 0.1) is 5.92 Å². The van der Waals surface area contributed by atoms with Gasteiger partial charge in [0.1, 0.15) is 0 Å². The average molecular weight is 504 g/mol. The number of benzene rings is 1. The maximum atomic E-state index is 6.47. The average Bonchev–Trinajstić information content (AvgIpc) is 3.22. The van der Waals surface area contributed by atoms with Crippen LogP contribution in [0.5, 0.6) is 0 Å². The molecule has 2 aliphatic heterocycles. The Kier molecular flexibility index (Phi) is 6.46. The quantitative estimate of drug-likeness (QED) is 0.470. The van der Waals surface area contributed by atoms with Gasteiger partial charge in [0.25, 0.3) is 0 Å². The highest BCUT2D eigenvalue weighted by atomic mass is 79.9. The van der Waals surface area contributed by atoms with Crippen molar-refractivity contribution in [2.45, 2.75) is 31.7 Å². The van der Waals surface area contributed by atoms with Gasteiger partial charge in [-0.15, -0.1) is 0 Å². The molecule has 2 N–H and O–H groups in total.